The van der Waals surface area contributed by atoms with Crippen LogP contribution in [0.4, 0.5) is 0 Å². The normalized spacial score (nSPS) is 16.9. The Kier molecular flexibility index (Phi) is 2.30. The summed E-state index contributed by atoms with van der Waals surface area (Å²) in [6.45, 7) is 4.12. The molecule has 0 unspecified atom stereocenters. The van der Waals surface area contributed by atoms with Gasteiger partial charge in [-0.2, -0.15) is 0 Å². The summed E-state index contributed by atoms with van der Waals surface area (Å²) in [5.74, 6) is -0.589. The second-order valence-electron chi connectivity index (χ2n) is 4.79. The molecule has 2 N–H and O–H groups in total. The van der Waals surface area contributed by atoms with Crippen molar-refractivity contribution < 1.29 is 9.59 Å². The second kappa shape index (κ2) is 3.40. The Bertz CT molecular complexity index is 478. The first-order chi connectivity index (χ1) is 7.45. The van der Waals surface area contributed by atoms with Crippen molar-refractivity contribution in [2.45, 2.75) is 32.1 Å². The fraction of sp³-hybridized carbons (Fsp3) is 0.417. The summed E-state index contributed by atoms with van der Waals surface area (Å²) < 4.78 is 0. The molecule has 0 saturated carbocycles. The number of pyridine rings is 1. The quantitative estimate of drug-likeness (QED) is 0.758. The van der Waals surface area contributed by atoms with Crippen molar-refractivity contribution in [3.8, 4) is 0 Å². The van der Waals surface area contributed by atoms with Gasteiger partial charge in [0.1, 0.15) is 12.0 Å². The molecule has 4 nitrogen and oxygen atoms in total. The molecule has 0 atom stereocenters. The Morgan fingerprint density at radius 2 is 2.25 bits per heavy atom. The van der Waals surface area contributed by atoms with E-state index < -0.39 is 5.91 Å². The van der Waals surface area contributed by atoms with E-state index >= 15 is 0 Å². The van der Waals surface area contributed by atoms with Gasteiger partial charge in [0, 0.05) is 11.0 Å². The van der Waals surface area contributed by atoms with Crippen LogP contribution in [0.3, 0.4) is 0 Å². The summed E-state index contributed by atoms with van der Waals surface area (Å²) in [4.78, 5) is 26.4. The fourth-order valence-corrected chi connectivity index (χ4v) is 2.20. The van der Waals surface area contributed by atoms with Crippen LogP contribution in [0.5, 0.6) is 0 Å². The highest BCUT2D eigenvalue weighted by molar-refractivity contribution is 5.93. The maximum atomic E-state index is 11.1. The standard InChI is InChI=1S/C12H14N2O2/c1-12(2)4-3-8-7(6-15)5-9(11(13)16)14-10(8)12/h5-6H,3-4H2,1-2H3,(H2,13,16). The van der Waals surface area contributed by atoms with Crippen molar-refractivity contribution in [1.82, 2.24) is 4.98 Å². The summed E-state index contributed by atoms with van der Waals surface area (Å²) in [6.07, 6.45) is 2.55. The van der Waals surface area contributed by atoms with Gasteiger partial charge in [-0.25, -0.2) is 4.98 Å². The average molecular weight is 218 g/mol. The molecule has 0 saturated heterocycles. The molecule has 1 aromatic heterocycles. The summed E-state index contributed by atoms with van der Waals surface area (Å²) in [5, 5.41) is 0. The lowest BCUT2D eigenvalue weighted by Crippen LogP contribution is -2.20. The van der Waals surface area contributed by atoms with E-state index in [1.807, 2.05) is 0 Å². The van der Waals surface area contributed by atoms with E-state index in [2.05, 4.69) is 18.8 Å². The van der Waals surface area contributed by atoms with Crippen molar-refractivity contribution in [2.24, 2.45) is 5.73 Å². The molecule has 0 bridgehead atoms. The molecule has 0 radical (unpaired) electrons. The lowest BCUT2D eigenvalue weighted by Gasteiger charge is -2.18. The van der Waals surface area contributed by atoms with Gasteiger partial charge in [-0.15, -0.1) is 0 Å². The van der Waals surface area contributed by atoms with Gasteiger partial charge in [0.25, 0.3) is 5.91 Å². The molecular weight excluding hydrogens is 204 g/mol. The first-order valence-electron chi connectivity index (χ1n) is 5.25. The number of nitrogens with zero attached hydrogens (tertiary/aromatic N) is 1. The topological polar surface area (TPSA) is 73.1 Å². The van der Waals surface area contributed by atoms with Crippen LogP contribution in [-0.4, -0.2) is 17.2 Å². The summed E-state index contributed by atoms with van der Waals surface area (Å²) in [7, 11) is 0. The highest BCUT2D eigenvalue weighted by Crippen LogP contribution is 2.38. The van der Waals surface area contributed by atoms with E-state index in [1.54, 1.807) is 0 Å². The number of hydrogen-bond donors (Lipinski definition) is 1. The molecular formula is C12H14N2O2. The minimum Gasteiger partial charge on any atom is -0.364 e. The third-order valence-corrected chi connectivity index (χ3v) is 3.18. The minimum absolute atomic E-state index is 0.0848. The van der Waals surface area contributed by atoms with Crippen molar-refractivity contribution in [2.75, 3.05) is 0 Å². The van der Waals surface area contributed by atoms with Crippen LogP contribution in [0.25, 0.3) is 0 Å². The lowest BCUT2D eigenvalue weighted by atomic mass is 9.90. The van der Waals surface area contributed by atoms with E-state index in [0.29, 0.717) is 5.56 Å². The van der Waals surface area contributed by atoms with Gasteiger partial charge >= 0.3 is 0 Å². The molecule has 2 rings (SSSR count). The zero-order valence-corrected chi connectivity index (χ0v) is 9.41. The van der Waals surface area contributed by atoms with E-state index in [1.165, 1.54) is 6.07 Å². The Morgan fingerprint density at radius 1 is 1.56 bits per heavy atom. The Balaban J connectivity index is 2.68. The number of nitrogens with two attached hydrogens (primary N) is 1. The maximum Gasteiger partial charge on any atom is 0.267 e. The first kappa shape index (κ1) is 10.8. The molecule has 16 heavy (non-hydrogen) atoms. The molecule has 1 amide bonds. The number of aromatic nitrogens is 1. The van der Waals surface area contributed by atoms with Crippen molar-refractivity contribution in [3.63, 3.8) is 0 Å². The first-order valence-corrected chi connectivity index (χ1v) is 5.25. The van der Waals surface area contributed by atoms with E-state index in [9.17, 15) is 9.59 Å². The van der Waals surface area contributed by atoms with E-state index in [-0.39, 0.29) is 11.1 Å². The molecule has 0 spiro atoms. The highest BCUT2D eigenvalue weighted by atomic mass is 16.1. The smallest absolute Gasteiger partial charge is 0.267 e. The Morgan fingerprint density at radius 3 is 2.81 bits per heavy atom. The van der Waals surface area contributed by atoms with Gasteiger partial charge in [0.2, 0.25) is 0 Å². The minimum atomic E-state index is -0.589. The maximum absolute atomic E-state index is 11.1. The van der Waals surface area contributed by atoms with Crippen LogP contribution in [0, 0.1) is 0 Å². The molecule has 4 heteroatoms. The highest BCUT2D eigenvalue weighted by Gasteiger charge is 2.33. The number of amides is 1. The summed E-state index contributed by atoms with van der Waals surface area (Å²) in [5.41, 5.74) is 7.64. The third kappa shape index (κ3) is 1.50. The number of carbonyl (C=O) groups is 2. The molecule has 1 aliphatic carbocycles. The lowest BCUT2D eigenvalue weighted by molar-refractivity contribution is 0.0995. The van der Waals surface area contributed by atoms with Gasteiger partial charge in [-0.3, -0.25) is 9.59 Å². The van der Waals surface area contributed by atoms with Crippen LogP contribution in [0.15, 0.2) is 6.07 Å². The third-order valence-electron chi connectivity index (χ3n) is 3.18. The molecule has 1 aromatic rings. The fourth-order valence-electron chi connectivity index (χ4n) is 2.20. The van der Waals surface area contributed by atoms with E-state index in [0.717, 1.165) is 30.4 Å². The molecule has 1 aliphatic rings. The van der Waals surface area contributed by atoms with Gasteiger partial charge in [-0.1, -0.05) is 13.8 Å². The number of aldehydes is 1. The molecule has 0 aromatic carbocycles. The number of primary amides is 1. The predicted molar refractivity (Wildman–Crippen MR) is 59.5 cm³/mol. The Hall–Kier alpha value is -1.71. The Labute approximate surface area is 93.9 Å². The van der Waals surface area contributed by atoms with Crippen molar-refractivity contribution in [1.29, 1.82) is 0 Å². The number of hydrogen-bond acceptors (Lipinski definition) is 3. The van der Waals surface area contributed by atoms with Gasteiger partial charge < -0.3 is 5.73 Å². The number of rotatable bonds is 2. The number of fused-ring (bicyclic) bond motifs is 1. The van der Waals surface area contributed by atoms with Crippen LogP contribution in [-0.2, 0) is 11.8 Å². The zero-order chi connectivity index (χ0) is 11.9. The van der Waals surface area contributed by atoms with Crippen molar-refractivity contribution in [3.05, 3.63) is 28.6 Å². The zero-order valence-electron chi connectivity index (χ0n) is 9.41. The van der Waals surface area contributed by atoms with Gasteiger partial charge in [0.05, 0.1) is 5.69 Å². The van der Waals surface area contributed by atoms with Crippen LogP contribution < -0.4 is 5.73 Å². The monoisotopic (exact) mass is 218 g/mol. The summed E-state index contributed by atoms with van der Waals surface area (Å²) >= 11 is 0. The number of carbonyl (C=O) groups excluding carboxylic acids is 2. The van der Waals surface area contributed by atoms with Gasteiger partial charge in [0.15, 0.2) is 0 Å². The summed E-state index contributed by atoms with van der Waals surface area (Å²) in [6, 6.07) is 1.48. The van der Waals surface area contributed by atoms with E-state index in [4.69, 9.17) is 5.73 Å². The molecule has 0 fully saturated rings. The van der Waals surface area contributed by atoms with Crippen LogP contribution in [0.2, 0.25) is 0 Å². The molecule has 0 aliphatic heterocycles. The van der Waals surface area contributed by atoms with Crippen molar-refractivity contribution >= 4 is 12.2 Å². The largest absolute Gasteiger partial charge is 0.364 e. The predicted octanol–water partition coefficient (Wildman–Crippen LogP) is 1.22. The molecule has 84 valence electrons. The van der Waals surface area contributed by atoms with Gasteiger partial charge in [-0.05, 0) is 24.5 Å². The van der Waals surface area contributed by atoms with Crippen LogP contribution >= 0.6 is 0 Å². The average Bonchev–Trinajstić information content (AvgIpc) is 2.54. The second-order valence-corrected chi connectivity index (χ2v) is 4.79. The molecule has 1 heterocycles. The SMILES string of the molecule is CC1(C)CCc2c(C=O)cc(C(N)=O)nc21. The van der Waals surface area contributed by atoms with Crippen LogP contribution in [0.1, 0.15) is 52.4 Å².